The van der Waals surface area contributed by atoms with Crippen molar-refractivity contribution in [3.05, 3.63) is 47.1 Å². The van der Waals surface area contributed by atoms with E-state index in [1.807, 2.05) is 0 Å². The highest BCUT2D eigenvalue weighted by atomic mass is 32.1. The maximum atomic E-state index is 12.9. The molecule has 0 fully saturated rings. The Balaban J connectivity index is 2.31. The van der Waals surface area contributed by atoms with Crippen LogP contribution in [0.3, 0.4) is 0 Å². The van der Waals surface area contributed by atoms with Gasteiger partial charge in [-0.25, -0.2) is 4.39 Å². The Bertz CT molecular complexity index is 567. The third kappa shape index (κ3) is 2.61. The number of hydrogen-bond acceptors (Lipinski definition) is 2. The van der Waals surface area contributed by atoms with Crippen molar-refractivity contribution >= 4 is 17.1 Å². The fraction of sp³-hybridized carbons (Fsp3) is 0.154. The van der Waals surface area contributed by atoms with Crippen LogP contribution in [-0.2, 0) is 0 Å². The summed E-state index contributed by atoms with van der Waals surface area (Å²) in [4.78, 5) is 12.0. The molecule has 94 valence electrons. The molecule has 0 radical (unpaired) electrons. The first-order chi connectivity index (χ1) is 8.38. The van der Waals surface area contributed by atoms with E-state index >= 15 is 0 Å². The number of Topliss-reactive ketones (excluding diaryl/α,β-unsaturated/α-hetero) is 1. The summed E-state index contributed by atoms with van der Waals surface area (Å²) in [6.45, 7) is 0.576. The lowest BCUT2D eigenvalue weighted by Crippen LogP contribution is -2.23. The molecule has 0 spiro atoms. The fourth-order valence-corrected chi connectivity index (χ4v) is 2.48. The Morgan fingerprint density at radius 3 is 2.28 bits per heavy atom. The van der Waals surface area contributed by atoms with Gasteiger partial charge in [-0.3, -0.25) is 4.79 Å². The van der Waals surface area contributed by atoms with Crippen LogP contribution in [0.5, 0.6) is 0 Å². The zero-order chi connectivity index (χ0) is 13.3. The van der Waals surface area contributed by atoms with Crippen molar-refractivity contribution in [3.63, 3.8) is 0 Å². The van der Waals surface area contributed by atoms with Gasteiger partial charge in [-0.2, -0.15) is 8.78 Å². The van der Waals surface area contributed by atoms with E-state index in [-0.39, 0.29) is 10.7 Å². The van der Waals surface area contributed by atoms with Crippen molar-refractivity contribution in [1.82, 2.24) is 0 Å². The van der Waals surface area contributed by atoms with Gasteiger partial charge in [0, 0.05) is 11.8 Å². The topological polar surface area (TPSA) is 17.1 Å². The second-order valence-corrected chi connectivity index (χ2v) is 4.97. The summed E-state index contributed by atoms with van der Waals surface area (Å²) in [5.41, 5.74) is 0.694. The average molecular weight is 270 g/mol. The SMILES string of the molecule is CC(F)(F)C(=O)c1ccc(-c2ccc(F)cc2)s1. The molecule has 0 unspecified atom stereocenters. The number of alkyl halides is 2. The van der Waals surface area contributed by atoms with E-state index in [0.29, 0.717) is 17.4 Å². The van der Waals surface area contributed by atoms with Crippen molar-refractivity contribution in [3.8, 4) is 10.4 Å². The first kappa shape index (κ1) is 12.8. The second-order valence-electron chi connectivity index (χ2n) is 3.89. The molecular weight excluding hydrogens is 261 g/mol. The van der Waals surface area contributed by atoms with Gasteiger partial charge >= 0.3 is 5.92 Å². The molecule has 2 rings (SSSR count). The quantitative estimate of drug-likeness (QED) is 0.756. The minimum atomic E-state index is -3.37. The molecule has 0 aliphatic carbocycles. The molecule has 2 aromatic rings. The van der Waals surface area contributed by atoms with Crippen molar-refractivity contribution in [2.24, 2.45) is 0 Å². The van der Waals surface area contributed by atoms with Crippen LogP contribution in [0, 0.1) is 5.82 Å². The highest BCUT2D eigenvalue weighted by Gasteiger charge is 2.34. The van der Waals surface area contributed by atoms with Gasteiger partial charge < -0.3 is 0 Å². The molecular formula is C13H9F3OS. The Kier molecular flexibility index (Phi) is 3.26. The van der Waals surface area contributed by atoms with Gasteiger partial charge in [-0.15, -0.1) is 11.3 Å². The largest absolute Gasteiger partial charge is 0.307 e. The molecule has 1 aromatic heterocycles. The number of ketones is 1. The van der Waals surface area contributed by atoms with Gasteiger partial charge in [0.15, 0.2) is 0 Å². The van der Waals surface area contributed by atoms with Crippen LogP contribution in [0.4, 0.5) is 13.2 Å². The standard InChI is InChI=1S/C13H9F3OS/c1-13(15,16)12(17)11-7-6-10(18-11)8-2-4-9(14)5-3-8/h2-7H,1H3. The molecule has 5 heteroatoms. The number of carbonyl (C=O) groups excluding carboxylic acids is 1. The van der Waals surface area contributed by atoms with Gasteiger partial charge in [-0.05, 0) is 29.8 Å². The molecule has 0 saturated heterocycles. The maximum Gasteiger partial charge on any atom is 0.307 e. The van der Waals surface area contributed by atoms with E-state index in [2.05, 4.69) is 0 Å². The van der Waals surface area contributed by atoms with Crippen molar-refractivity contribution < 1.29 is 18.0 Å². The molecule has 1 aromatic carbocycles. The van der Waals surface area contributed by atoms with E-state index in [4.69, 9.17) is 0 Å². The highest BCUT2D eigenvalue weighted by Crippen LogP contribution is 2.31. The zero-order valence-electron chi connectivity index (χ0n) is 9.41. The molecule has 0 N–H and O–H groups in total. The normalized spacial score (nSPS) is 11.6. The smallest absolute Gasteiger partial charge is 0.286 e. The summed E-state index contributed by atoms with van der Waals surface area (Å²) in [5.74, 6) is -4.93. The minimum absolute atomic E-state index is 0.00169. The molecule has 0 atom stereocenters. The predicted molar refractivity (Wildman–Crippen MR) is 64.7 cm³/mol. The predicted octanol–water partition coefficient (Wildman–Crippen LogP) is 4.39. The third-order valence-electron chi connectivity index (χ3n) is 2.36. The number of hydrogen-bond donors (Lipinski definition) is 0. The van der Waals surface area contributed by atoms with Gasteiger partial charge in [0.05, 0.1) is 4.88 Å². The van der Waals surface area contributed by atoms with Crippen LogP contribution in [0.25, 0.3) is 10.4 Å². The Morgan fingerprint density at radius 2 is 1.72 bits per heavy atom. The summed E-state index contributed by atoms with van der Waals surface area (Å²) < 4.78 is 38.5. The summed E-state index contributed by atoms with van der Waals surface area (Å²) in [6, 6.07) is 8.59. The zero-order valence-corrected chi connectivity index (χ0v) is 10.2. The highest BCUT2D eigenvalue weighted by molar-refractivity contribution is 7.17. The van der Waals surface area contributed by atoms with Gasteiger partial charge in [0.2, 0.25) is 5.78 Å². The van der Waals surface area contributed by atoms with Crippen LogP contribution in [0.15, 0.2) is 36.4 Å². The monoisotopic (exact) mass is 270 g/mol. The summed E-state index contributed by atoms with van der Waals surface area (Å²) in [6.07, 6.45) is 0. The fourth-order valence-electron chi connectivity index (χ4n) is 1.45. The molecule has 0 aliphatic heterocycles. The molecule has 1 nitrogen and oxygen atoms in total. The van der Waals surface area contributed by atoms with Crippen molar-refractivity contribution in [1.29, 1.82) is 0 Å². The minimum Gasteiger partial charge on any atom is -0.286 e. The Labute approximate surface area is 106 Å². The summed E-state index contributed by atoms with van der Waals surface area (Å²) in [7, 11) is 0. The average Bonchev–Trinajstić information content (AvgIpc) is 2.77. The number of carbonyl (C=O) groups is 1. The van der Waals surface area contributed by atoms with Gasteiger partial charge in [0.25, 0.3) is 0 Å². The molecule has 0 amide bonds. The van der Waals surface area contributed by atoms with Crippen LogP contribution in [0.1, 0.15) is 16.6 Å². The molecule has 1 heterocycles. The second kappa shape index (κ2) is 4.57. The lowest BCUT2D eigenvalue weighted by atomic mass is 10.2. The lowest BCUT2D eigenvalue weighted by molar-refractivity contribution is 0.0226. The summed E-state index contributed by atoms with van der Waals surface area (Å²) >= 11 is 0.975. The maximum absolute atomic E-state index is 12.9. The van der Waals surface area contributed by atoms with Crippen LogP contribution >= 0.6 is 11.3 Å². The molecule has 0 saturated carbocycles. The number of rotatable bonds is 3. The Hall–Kier alpha value is -1.62. The van der Waals surface area contributed by atoms with Crippen LogP contribution < -0.4 is 0 Å². The van der Waals surface area contributed by atoms with E-state index in [1.165, 1.54) is 18.2 Å². The van der Waals surface area contributed by atoms with E-state index in [9.17, 15) is 18.0 Å². The third-order valence-corrected chi connectivity index (χ3v) is 3.49. The number of halogens is 3. The number of thiophene rings is 1. The van der Waals surface area contributed by atoms with Gasteiger partial charge in [-0.1, -0.05) is 12.1 Å². The van der Waals surface area contributed by atoms with Crippen molar-refractivity contribution in [2.75, 3.05) is 0 Å². The van der Waals surface area contributed by atoms with Crippen LogP contribution in [0.2, 0.25) is 0 Å². The first-order valence-corrected chi connectivity index (χ1v) is 5.98. The van der Waals surface area contributed by atoms with E-state index in [1.54, 1.807) is 18.2 Å². The summed E-state index contributed by atoms with van der Waals surface area (Å²) in [5, 5.41) is 0. The Morgan fingerprint density at radius 1 is 1.11 bits per heavy atom. The molecule has 18 heavy (non-hydrogen) atoms. The number of benzene rings is 1. The van der Waals surface area contributed by atoms with E-state index in [0.717, 1.165) is 11.3 Å². The van der Waals surface area contributed by atoms with E-state index < -0.39 is 11.7 Å². The molecule has 0 bridgehead atoms. The van der Waals surface area contributed by atoms with Gasteiger partial charge in [0.1, 0.15) is 5.82 Å². The van der Waals surface area contributed by atoms with Crippen LogP contribution in [-0.4, -0.2) is 11.7 Å². The lowest BCUT2D eigenvalue weighted by Gasteiger charge is -2.05. The first-order valence-electron chi connectivity index (χ1n) is 5.16. The van der Waals surface area contributed by atoms with Crippen molar-refractivity contribution in [2.45, 2.75) is 12.8 Å². The molecule has 0 aliphatic rings.